The Morgan fingerprint density at radius 2 is 1.44 bits per heavy atom. The molecule has 11 heteroatoms. The molecule has 7 nitrogen and oxygen atoms in total. The van der Waals surface area contributed by atoms with E-state index >= 15 is 0 Å². The van der Waals surface area contributed by atoms with E-state index in [0.717, 1.165) is 6.42 Å². The lowest BCUT2D eigenvalue weighted by molar-refractivity contribution is -0.238. The molecule has 4 fully saturated rings. The molecule has 0 heterocycles. The van der Waals surface area contributed by atoms with E-state index in [9.17, 15) is 31.3 Å². The molecule has 4 rings (SSSR count). The van der Waals surface area contributed by atoms with Crippen LogP contribution >= 0.6 is 15.9 Å². The Bertz CT molecular complexity index is 760. The van der Waals surface area contributed by atoms with Crippen molar-refractivity contribution in [3.8, 4) is 0 Å². The van der Waals surface area contributed by atoms with Crippen LogP contribution in [-0.4, -0.2) is 45.7 Å². The second-order valence-corrected chi connectivity index (χ2v) is 12.0. The van der Waals surface area contributed by atoms with Crippen molar-refractivity contribution in [1.29, 1.82) is 0 Å². The molecule has 2 unspecified atom stereocenters. The Morgan fingerprint density at radius 1 is 1.04 bits per heavy atom. The maximum Gasteiger partial charge on any atom is 0.428 e. The molecule has 0 aromatic rings. The van der Waals surface area contributed by atoms with Gasteiger partial charge in [-0.3, -0.25) is 4.79 Å². The summed E-state index contributed by atoms with van der Waals surface area (Å²) in [6.07, 6.45) is 2.44. The second kappa shape index (κ2) is 6.09. The normalized spacial score (nSPS) is 35.8. The summed E-state index contributed by atoms with van der Waals surface area (Å²) in [5.41, 5.74) is -2.30. The number of alkyl halides is 3. The van der Waals surface area contributed by atoms with Crippen LogP contribution in [0.2, 0.25) is 0 Å². The number of rotatable bonds is 5. The maximum absolute atomic E-state index is 13.6. The average molecular weight is 474 g/mol. The van der Waals surface area contributed by atoms with Crippen LogP contribution in [-0.2, 0) is 29.2 Å². The molecule has 154 valence electrons. The van der Waals surface area contributed by atoms with E-state index in [1.54, 1.807) is 13.8 Å². The van der Waals surface area contributed by atoms with Crippen molar-refractivity contribution < 1.29 is 40.8 Å². The van der Waals surface area contributed by atoms with Crippen LogP contribution in [0.3, 0.4) is 0 Å². The van der Waals surface area contributed by atoms with Gasteiger partial charge >= 0.3 is 17.2 Å². The second-order valence-electron chi connectivity index (χ2n) is 8.55. The van der Waals surface area contributed by atoms with Gasteiger partial charge in [-0.1, -0.05) is 15.9 Å². The first-order valence-corrected chi connectivity index (χ1v) is 10.8. The summed E-state index contributed by atoms with van der Waals surface area (Å²) in [5, 5.41) is -5.15. The first kappa shape index (κ1) is 20.9. The number of carbonyl (C=O) groups excluding carboxylic acids is 2. The molecule has 0 N–H and O–H groups in total. The van der Waals surface area contributed by atoms with E-state index in [0.29, 0.717) is 12.8 Å². The predicted molar refractivity (Wildman–Crippen MR) is 90.0 cm³/mol. The van der Waals surface area contributed by atoms with Crippen LogP contribution in [0.5, 0.6) is 0 Å². The van der Waals surface area contributed by atoms with Gasteiger partial charge in [-0.25, -0.2) is 13.2 Å². The van der Waals surface area contributed by atoms with Gasteiger partial charge in [0.2, 0.25) is 0 Å². The van der Waals surface area contributed by atoms with Crippen LogP contribution < -0.4 is 0 Å². The highest BCUT2D eigenvalue weighted by Crippen LogP contribution is 2.60. The molecule has 4 saturated carbocycles. The van der Waals surface area contributed by atoms with Crippen LogP contribution in [0.1, 0.15) is 52.4 Å². The zero-order chi connectivity index (χ0) is 20.5. The Kier molecular flexibility index (Phi) is 4.72. The molecule has 4 aliphatic rings. The lowest BCUT2D eigenvalue weighted by atomic mass is 9.52. The monoisotopic (exact) mass is 473 g/mol. The highest BCUT2D eigenvalue weighted by Gasteiger charge is 2.63. The van der Waals surface area contributed by atoms with E-state index in [-0.39, 0.29) is 31.1 Å². The fourth-order valence-corrected chi connectivity index (χ4v) is 5.34. The molecule has 0 amide bonds. The molecular weight excluding hydrogens is 454 g/mol. The molecule has 0 radical (unpaired) electrons. The number of hydrogen-bond donors (Lipinski definition) is 0. The van der Waals surface area contributed by atoms with Crippen molar-refractivity contribution in [1.82, 2.24) is 0 Å². The van der Waals surface area contributed by atoms with Gasteiger partial charge in [0.1, 0.15) is 15.5 Å². The molecular formula is C16H20BrF2O7S-. The van der Waals surface area contributed by atoms with E-state index in [4.69, 9.17) is 9.47 Å². The van der Waals surface area contributed by atoms with Gasteiger partial charge in [-0.15, -0.1) is 0 Å². The number of hydrogen-bond acceptors (Lipinski definition) is 7. The highest BCUT2D eigenvalue weighted by molar-refractivity contribution is 9.10. The minimum Gasteiger partial charge on any atom is -0.743 e. The molecule has 4 aliphatic carbocycles. The molecule has 0 aromatic carbocycles. The quantitative estimate of drug-likeness (QED) is 0.342. The van der Waals surface area contributed by atoms with Crippen molar-refractivity contribution in [3.63, 3.8) is 0 Å². The lowest BCUT2D eigenvalue weighted by Gasteiger charge is -2.60. The number of esters is 2. The molecule has 27 heavy (non-hydrogen) atoms. The molecule has 2 atom stereocenters. The largest absolute Gasteiger partial charge is 0.743 e. The third-order valence-electron chi connectivity index (χ3n) is 5.61. The van der Waals surface area contributed by atoms with Gasteiger partial charge in [0.25, 0.3) is 0 Å². The number of ether oxygens (including phenoxy) is 2. The summed E-state index contributed by atoms with van der Waals surface area (Å²) in [6.45, 7) is 3.23. The first-order chi connectivity index (χ1) is 12.1. The van der Waals surface area contributed by atoms with Crippen molar-refractivity contribution in [2.45, 2.75) is 73.2 Å². The third kappa shape index (κ3) is 3.74. The summed E-state index contributed by atoms with van der Waals surface area (Å²) in [7, 11) is -6.19. The van der Waals surface area contributed by atoms with Gasteiger partial charge in [-0.2, -0.15) is 8.78 Å². The minimum absolute atomic E-state index is 0.00256. The summed E-state index contributed by atoms with van der Waals surface area (Å²) in [5.74, 6) is -2.87. The van der Waals surface area contributed by atoms with Crippen LogP contribution in [0, 0.1) is 11.8 Å². The van der Waals surface area contributed by atoms with E-state index in [1.807, 2.05) is 0 Å². The van der Waals surface area contributed by atoms with E-state index in [1.165, 1.54) is 0 Å². The maximum atomic E-state index is 13.6. The number of carbonyl (C=O) groups is 2. The Morgan fingerprint density at radius 3 is 1.81 bits per heavy atom. The SMILES string of the molecule is CC(C)(Br)C(=O)OC12CC3CC(C1)CC(OC(=O)C(F)(F)S(=O)(=O)[O-])(C3)C2. The minimum atomic E-state index is -6.19. The van der Waals surface area contributed by atoms with Crippen molar-refractivity contribution in [2.75, 3.05) is 0 Å². The highest BCUT2D eigenvalue weighted by atomic mass is 79.9. The summed E-state index contributed by atoms with van der Waals surface area (Å²) < 4.78 is 69.1. The van der Waals surface area contributed by atoms with Crippen LogP contribution in [0.25, 0.3) is 0 Å². The summed E-state index contributed by atoms with van der Waals surface area (Å²) in [4.78, 5) is 24.2. The fraction of sp³-hybridized carbons (Fsp3) is 0.875. The first-order valence-electron chi connectivity index (χ1n) is 8.57. The van der Waals surface area contributed by atoms with Crippen LogP contribution in [0.15, 0.2) is 0 Å². The van der Waals surface area contributed by atoms with Crippen LogP contribution in [0.4, 0.5) is 8.78 Å². The van der Waals surface area contributed by atoms with Gasteiger partial charge in [0, 0.05) is 6.42 Å². The standard InChI is InChI=1S/C16H21BrF2O7S/c1-13(2,17)11(20)25-14-4-9-3-10(5-14)7-15(6-9,8-14)26-12(21)16(18,19)27(22,23)24/h9-10H,3-8H2,1-2H3,(H,22,23,24)/p-1. The Labute approximate surface area is 164 Å². The van der Waals surface area contributed by atoms with Gasteiger partial charge in [0.05, 0.1) is 0 Å². The molecule has 0 aromatic heterocycles. The molecule has 0 spiro atoms. The van der Waals surface area contributed by atoms with Crippen molar-refractivity contribution >= 4 is 38.0 Å². The third-order valence-corrected chi connectivity index (χ3v) is 6.73. The average Bonchev–Trinajstić information content (AvgIpc) is 2.42. The number of halogens is 3. The lowest BCUT2D eigenvalue weighted by Crippen LogP contribution is -2.63. The smallest absolute Gasteiger partial charge is 0.428 e. The topological polar surface area (TPSA) is 110 Å². The zero-order valence-corrected chi connectivity index (χ0v) is 17.2. The van der Waals surface area contributed by atoms with Gasteiger partial charge in [-0.05, 0) is 57.8 Å². The fourth-order valence-electron chi connectivity index (χ4n) is 5.01. The molecule has 0 aliphatic heterocycles. The van der Waals surface area contributed by atoms with Crippen molar-refractivity contribution in [2.24, 2.45) is 11.8 Å². The molecule has 0 saturated heterocycles. The van der Waals surface area contributed by atoms with Crippen molar-refractivity contribution in [3.05, 3.63) is 0 Å². The van der Waals surface area contributed by atoms with E-state index < -0.39 is 42.8 Å². The molecule has 4 bridgehead atoms. The Balaban J connectivity index is 1.85. The van der Waals surface area contributed by atoms with E-state index in [2.05, 4.69) is 15.9 Å². The Hall–Kier alpha value is -0.810. The zero-order valence-electron chi connectivity index (χ0n) is 14.8. The van der Waals surface area contributed by atoms with Gasteiger partial charge in [0.15, 0.2) is 10.1 Å². The van der Waals surface area contributed by atoms with Gasteiger partial charge < -0.3 is 14.0 Å². The summed E-state index contributed by atoms with van der Waals surface area (Å²) >= 11 is 3.22. The summed E-state index contributed by atoms with van der Waals surface area (Å²) in [6, 6.07) is 0. The predicted octanol–water partition coefficient (Wildman–Crippen LogP) is 2.48.